The van der Waals surface area contributed by atoms with Gasteiger partial charge in [0.05, 0.1) is 0 Å². The summed E-state index contributed by atoms with van der Waals surface area (Å²) in [6.07, 6.45) is 0. The van der Waals surface area contributed by atoms with Gasteiger partial charge in [-0.15, -0.1) is 0 Å². The zero-order valence-electron chi connectivity index (χ0n) is 6.26. The minimum atomic E-state index is -4.40. The molecule has 2 atom stereocenters. The first-order chi connectivity index (χ1) is 5.24. The van der Waals surface area contributed by atoms with E-state index in [0.29, 0.717) is 0 Å². The molecule has 0 aromatic carbocycles. The van der Waals surface area contributed by atoms with Crippen LogP contribution in [0.15, 0.2) is 0 Å². The maximum atomic E-state index is 10.2. The molecule has 0 rings (SSSR count). The summed E-state index contributed by atoms with van der Waals surface area (Å²) in [5.41, 5.74) is 5.03. The second kappa shape index (κ2) is 3.81. The van der Waals surface area contributed by atoms with Gasteiger partial charge in [0.1, 0.15) is 6.04 Å². The third-order valence-electron chi connectivity index (χ3n) is 1.16. The van der Waals surface area contributed by atoms with Gasteiger partial charge in [-0.1, -0.05) is 0 Å². The highest BCUT2D eigenvalue weighted by Gasteiger charge is 2.23. The topological polar surface area (TPSA) is 130 Å². The van der Waals surface area contributed by atoms with Gasteiger partial charge in [-0.3, -0.25) is 9.35 Å². The van der Waals surface area contributed by atoms with Crippen molar-refractivity contribution in [3.63, 3.8) is 0 Å². The Kier molecular flexibility index (Phi) is 3.58. The first-order valence-electron chi connectivity index (χ1n) is 2.97. The van der Waals surface area contributed by atoms with Crippen LogP contribution >= 0.6 is 0 Å². The van der Waals surface area contributed by atoms with Crippen molar-refractivity contribution >= 4 is 16.3 Å². The molecular weight excluding hydrogens is 188 g/mol. The van der Waals surface area contributed by atoms with Crippen LogP contribution in [0.2, 0.25) is 0 Å². The van der Waals surface area contributed by atoms with Crippen LogP contribution in [0.5, 0.6) is 0 Å². The maximum absolute atomic E-state index is 10.2. The predicted molar refractivity (Wildman–Crippen MR) is 39.8 cm³/mol. The van der Waals surface area contributed by atoms with Crippen LogP contribution in [-0.2, 0) is 15.1 Å². The molecule has 0 radical (unpaired) electrons. The van der Waals surface area contributed by atoms with E-state index in [0.717, 1.165) is 0 Å². The molecule has 0 aliphatic carbocycles. The molecule has 0 aromatic rings. The number of nitrogens with two attached hydrogens (primary N) is 1. The monoisotopic (exact) mass is 198 g/mol. The van der Waals surface area contributed by atoms with Crippen molar-refractivity contribution in [1.29, 1.82) is 0 Å². The predicted octanol–water partition coefficient (Wildman–Crippen LogP) is -1.82. The van der Waals surface area contributed by atoms with Crippen LogP contribution in [0.25, 0.3) is 0 Å². The first kappa shape index (κ1) is 11.3. The molecule has 12 heavy (non-hydrogen) atoms. The molecular formula is C4H10N2O5S. The molecule has 72 valence electrons. The quantitative estimate of drug-likeness (QED) is 0.393. The van der Waals surface area contributed by atoms with E-state index < -0.39 is 28.4 Å². The van der Waals surface area contributed by atoms with Crippen LogP contribution in [0.3, 0.4) is 0 Å². The van der Waals surface area contributed by atoms with Crippen molar-refractivity contribution < 1.29 is 22.9 Å². The second-order valence-electron chi connectivity index (χ2n) is 2.25. The van der Waals surface area contributed by atoms with E-state index >= 15 is 0 Å². The van der Waals surface area contributed by atoms with Gasteiger partial charge < -0.3 is 10.8 Å². The normalized spacial score (nSPS) is 16.9. The Hall–Kier alpha value is -0.700. The van der Waals surface area contributed by atoms with E-state index in [2.05, 4.69) is 0 Å². The number of carboxylic acids is 1. The standard InChI is InChI=1S/C4H10N2O5S/c1-2(3(5)4(7)8)6-12(9,10)11/h2-3,6H,5H2,1H3,(H,7,8)(H,9,10,11). The van der Waals surface area contributed by atoms with Crippen LogP contribution in [0.4, 0.5) is 0 Å². The number of rotatable bonds is 4. The highest BCUT2D eigenvalue weighted by molar-refractivity contribution is 7.83. The third-order valence-corrected chi connectivity index (χ3v) is 1.83. The molecule has 0 saturated carbocycles. The largest absolute Gasteiger partial charge is 0.480 e. The maximum Gasteiger partial charge on any atom is 0.333 e. The van der Waals surface area contributed by atoms with Gasteiger partial charge in [0, 0.05) is 6.04 Å². The second-order valence-corrected chi connectivity index (χ2v) is 3.43. The molecule has 0 saturated heterocycles. The summed E-state index contributed by atoms with van der Waals surface area (Å²) in [6, 6.07) is -2.44. The summed E-state index contributed by atoms with van der Waals surface area (Å²) in [4.78, 5) is 10.2. The van der Waals surface area contributed by atoms with E-state index in [1.807, 2.05) is 0 Å². The van der Waals surface area contributed by atoms with Crippen LogP contribution < -0.4 is 10.5 Å². The molecule has 0 amide bonds. The van der Waals surface area contributed by atoms with Gasteiger partial charge >= 0.3 is 16.3 Å². The summed E-state index contributed by atoms with van der Waals surface area (Å²) < 4.78 is 30.2. The molecule has 0 aliphatic rings. The summed E-state index contributed by atoms with van der Waals surface area (Å²) in [5, 5.41) is 8.31. The Morgan fingerprint density at radius 1 is 1.58 bits per heavy atom. The highest BCUT2D eigenvalue weighted by Crippen LogP contribution is 1.91. The molecule has 2 unspecified atom stereocenters. The van der Waals surface area contributed by atoms with Crippen molar-refractivity contribution in [1.82, 2.24) is 4.72 Å². The van der Waals surface area contributed by atoms with Gasteiger partial charge in [0.2, 0.25) is 0 Å². The number of aliphatic carboxylic acids is 1. The highest BCUT2D eigenvalue weighted by atomic mass is 32.2. The average molecular weight is 198 g/mol. The van der Waals surface area contributed by atoms with E-state index in [4.69, 9.17) is 15.4 Å². The Bertz CT molecular complexity index is 261. The lowest BCUT2D eigenvalue weighted by Gasteiger charge is -2.14. The molecule has 0 spiro atoms. The zero-order valence-corrected chi connectivity index (χ0v) is 7.08. The van der Waals surface area contributed by atoms with Crippen molar-refractivity contribution in [2.45, 2.75) is 19.0 Å². The lowest BCUT2D eigenvalue weighted by atomic mass is 10.2. The number of carboxylic acid groups (broad SMARTS) is 1. The van der Waals surface area contributed by atoms with E-state index in [1.165, 1.54) is 6.92 Å². The number of hydrogen-bond donors (Lipinski definition) is 4. The minimum absolute atomic E-state index is 1.06. The fourth-order valence-corrected chi connectivity index (χ4v) is 1.14. The summed E-state index contributed by atoms with van der Waals surface area (Å²) in [7, 11) is -4.40. The van der Waals surface area contributed by atoms with Crippen molar-refractivity contribution in [2.24, 2.45) is 5.73 Å². The third kappa shape index (κ3) is 4.23. The fourth-order valence-electron chi connectivity index (χ4n) is 0.522. The van der Waals surface area contributed by atoms with Gasteiger partial charge in [-0.2, -0.15) is 13.1 Å². The van der Waals surface area contributed by atoms with E-state index in [9.17, 15) is 13.2 Å². The first-order valence-corrected chi connectivity index (χ1v) is 4.41. The lowest BCUT2D eigenvalue weighted by Crippen LogP contribution is -2.49. The molecule has 5 N–H and O–H groups in total. The summed E-state index contributed by atoms with van der Waals surface area (Å²) >= 11 is 0. The summed E-state index contributed by atoms with van der Waals surface area (Å²) in [5.74, 6) is -1.35. The van der Waals surface area contributed by atoms with E-state index in [1.54, 1.807) is 4.72 Å². The number of hydrogen-bond acceptors (Lipinski definition) is 4. The Labute approximate surface area is 69.4 Å². The molecule has 8 heteroatoms. The van der Waals surface area contributed by atoms with Gasteiger partial charge in [0.15, 0.2) is 0 Å². The molecule has 7 nitrogen and oxygen atoms in total. The van der Waals surface area contributed by atoms with Crippen molar-refractivity contribution in [3.05, 3.63) is 0 Å². The molecule has 0 bridgehead atoms. The SMILES string of the molecule is CC(NS(=O)(=O)O)C(N)C(=O)O. The summed E-state index contributed by atoms with van der Waals surface area (Å²) in [6.45, 7) is 1.23. The zero-order chi connectivity index (χ0) is 9.94. The van der Waals surface area contributed by atoms with Crippen LogP contribution in [-0.4, -0.2) is 36.1 Å². The Morgan fingerprint density at radius 2 is 2.00 bits per heavy atom. The van der Waals surface area contributed by atoms with Crippen molar-refractivity contribution in [3.8, 4) is 0 Å². The van der Waals surface area contributed by atoms with E-state index in [-0.39, 0.29) is 0 Å². The molecule has 0 fully saturated rings. The van der Waals surface area contributed by atoms with Crippen LogP contribution in [0, 0.1) is 0 Å². The Balaban J connectivity index is 4.23. The van der Waals surface area contributed by atoms with Gasteiger partial charge in [-0.25, -0.2) is 0 Å². The van der Waals surface area contributed by atoms with Crippen LogP contribution in [0.1, 0.15) is 6.92 Å². The average Bonchev–Trinajstić information content (AvgIpc) is 1.82. The number of carbonyl (C=O) groups is 1. The fraction of sp³-hybridized carbons (Fsp3) is 0.750. The minimum Gasteiger partial charge on any atom is -0.480 e. The van der Waals surface area contributed by atoms with Gasteiger partial charge in [-0.05, 0) is 6.92 Å². The molecule has 0 aliphatic heterocycles. The lowest BCUT2D eigenvalue weighted by molar-refractivity contribution is -0.138. The smallest absolute Gasteiger partial charge is 0.333 e. The van der Waals surface area contributed by atoms with Gasteiger partial charge in [0.25, 0.3) is 0 Å². The molecule has 0 aromatic heterocycles. The molecule has 0 heterocycles. The number of nitrogens with one attached hydrogen (secondary N) is 1. The van der Waals surface area contributed by atoms with Crippen molar-refractivity contribution in [2.75, 3.05) is 0 Å². The Morgan fingerprint density at radius 3 is 2.25 bits per heavy atom.